The van der Waals surface area contributed by atoms with Gasteiger partial charge in [-0.1, -0.05) is 22.0 Å². The van der Waals surface area contributed by atoms with Crippen molar-refractivity contribution in [3.05, 3.63) is 28.7 Å². The molecule has 1 atom stereocenters. The number of hydrogen-bond acceptors (Lipinski definition) is 3. The first kappa shape index (κ1) is 16.0. The molecular weight excluding hydrogens is 330 g/mol. The number of carboxylic acids is 1. The van der Waals surface area contributed by atoms with E-state index < -0.39 is 23.9 Å². The maximum Gasteiger partial charge on any atom is 0.326 e. The van der Waals surface area contributed by atoms with Crippen molar-refractivity contribution in [2.45, 2.75) is 18.9 Å². The molecule has 0 heterocycles. The van der Waals surface area contributed by atoms with Crippen molar-refractivity contribution in [3.8, 4) is 0 Å². The molecule has 8 heteroatoms. The molecule has 3 amide bonds. The van der Waals surface area contributed by atoms with Crippen molar-refractivity contribution in [1.29, 1.82) is 0 Å². The summed E-state index contributed by atoms with van der Waals surface area (Å²) in [4.78, 5) is 33.3. The number of nitrogens with two attached hydrogens (primary N) is 1. The van der Waals surface area contributed by atoms with Crippen molar-refractivity contribution in [2.24, 2.45) is 5.73 Å². The zero-order chi connectivity index (χ0) is 15.1. The Bertz CT molecular complexity index is 521. The number of carbonyl (C=O) groups excluding carboxylic acids is 2. The number of anilines is 1. The van der Waals surface area contributed by atoms with Gasteiger partial charge in [-0.3, -0.25) is 4.79 Å². The molecule has 0 bridgehead atoms. The predicted octanol–water partition coefficient (Wildman–Crippen LogP) is 1.29. The van der Waals surface area contributed by atoms with Crippen LogP contribution < -0.4 is 16.4 Å². The quantitative estimate of drug-likeness (QED) is 0.621. The Hall–Kier alpha value is -2.09. The monoisotopic (exact) mass is 343 g/mol. The first-order chi connectivity index (χ1) is 9.38. The molecule has 0 fully saturated rings. The third-order valence-corrected chi connectivity index (χ3v) is 2.86. The normalized spacial score (nSPS) is 11.4. The van der Waals surface area contributed by atoms with E-state index in [0.717, 1.165) is 4.47 Å². The van der Waals surface area contributed by atoms with Gasteiger partial charge in [0.05, 0.1) is 0 Å². The Balaban J connectivity index is 2.57. The Morgan fingerprint density at radius 1 is 1.35 bits per heavy atom. The largest absolute Gasteiger partial charge is 0.480 e. The molecule has 0 saturated heterocycles. The summed E-state index contributed by atoms with van der Waals surface area (Å²) in [5.41, 5.74) is 5.46. The van der Waals surface area contributed by atoms with Crippen LogP contribution in [0.25, 0.3) is 0 Å². The summed E-state index contributed by atoms with van der Waals surface area (Å²) >= 11 is 3.25. The third-order valence-electron chi connectivity index (χ3n) is 2.37. The molecule has 5 N–H and O–H groups in total. The zero-order valence-electron chi connectivity index (χ0n) is 10.4. The van der Waals surface area contributed by atoms with Crippen LogP contribution in [0.5, 0.6) is 0 Å². The van der Waals surface area contributed by atoms with Crippen LogP contribution in [0.3, 0.4) is 0 Å². The summed E-state index contributed by atoms with van der Waals surface area (Å²) in [5, 5.41) is 13.7. The minimum Gasteiger partial charge on any atom is -0.480 e. The van der Waals surface area contributed by atoms with Gasteiger partial charge in [0.1, 0.15) is 6.04 Å². The average molecular weight is 344 g/mol. The van der Waals surface area contributed by atoms with Crippen LogP contribution in [0.1, 0.15) is 12.8 Å². The van der Waals surface area contributed by atoms with Gasteiger partial charge in [0.25, 0.3) is 0 Å². The van der Waals surface area contributed by atoms with E-state index in [-0.39, 0.29) is 12.8 Å². The van der Waals surface area contributed by atoms with E-state index in [0.29, 0.717) is 5.69 Å². The summed E-state index contributed by atoms with van der Waals surface area (Å²) in [7, 11) is 0. The number of urea groups is 1. The first-order valence-corrected chi connectivity index (χ1v) is 6.52. The van der Waals surface area contributed by atoms with E-state index in [1.165, 1.54) is 0 Å². The fourth-order valence-electron chi connectivity index (χ4n) is 1.44. The number of hydrogen-bond donors (Lipinski definition) is 4. The average Bonchev–Trinajstić information content (AvgIpc) is 2.33. The van der Waals surface area contributed by atoms with Crippen LogP contribution >= 0.6 is 15.9 Å². The van der Waals surface area contributed by atoms with Gasteiger partial charge < -0.3 is 21.5 Å². The number of halogens is 1. The Morgan fingerprint density at radius 3 is 2.60 bits per heavy atom. The number of nitrogens with one attached hydrogen (secondary N) is 2. The fraction of sp³-hybridized carbons (Fsp3) is 0.250. The second-order valence-electron chi connectivity index (χ2n) is 4.00. The molecule has 0 aromatic heterocycles. The van der Waals surface area contributed by atoms with Crippen LogP contribution in [0.4, 0.5) is 10.5 Å². The molecule has 0 aliphatic rings. The lowest BCUT2D eigenvalue weighted by atomic mass is 10.1. The molecule has 108 valence electrons. The van der Waals surface area contributed by atoms with Gasteiger partial charge in [-0.05, 0) is 24.6 Å². The highest BCUT2D eigenvalue weighted by molar-refractivity contribution is 9.10. The zero-order valence-corrected chi connectivity index (χ0v) is 12.0. The van der Waals surface area contributed by atoms with Crippen LogP contribution in [0.15, 0.2) is 28.7 Å². The van der Waals surface area contributed by atoms with Crippen molar-refractivity contribution in [1.82, 2.24) is 5.32 Å². The summed E-state index contributed by atoms with van der Waals surface area (Å²) in [6, 6.07) is 4.99. The number of aliphatic carboxylic acids is 1. The van der Waals surface area contributed by atoms with Gasteiger partial charge in [0.15, 0.2) is 0 Å². The lowest BCUT2D eigenvalue weighted by molar-refractivity contribution is -0.139. The highest BCUT2D eigenvalue weighted by atomic mass is 79.9. The van der Waals surface area contributed by atoms with E-state index in [4.69, 9.17) is 10.8 Å². The predicted molar refractivity (Wildman–Crippen MR) is 76.1 cm³/mol. The number of rotatable bonds is 6. The molecule has 20 heavy (non-hydrogen) atoms. The van der Waals surface area contributed by atoms with E-state index in [9.17, 15) is 14.4 Å². The summed E-state index contributed by atoms with van der Waals surface area (Å²) in [6.07, 6.45) is -0.176. The minimum atomic E-state index is -1.23. The first-order valence-electron chi connectivity index (χ1n) is 5.72. The van der Waals surface area contributed by atoms with Gasteiger partial charge in [0.2, 0.25) is 5.91 Å². The summed E-state index contributed by atoms with van der Waals surface area (Å²) < 4.78 is 0.777. The van der Waals surface area contributed by atoms with Crippen molar-refractivity contribution < 1.29 is 19.5 Å². The summed E-state index contributed by atoms with van der Waals surface area (Å²) in [6.45, 7) is 0. The van der Waals surface area contributed by atoms with E-state index in [1.54, 1.807) is 24.3 Å². The standard InChI is InChI=1S/C12H14BrN3O4/c13-7-2-1-3-8(6-7)15-12(20)16-9(11(18)19)4-5-10(14)17/h1-3,6,9H,4-5H2,(H2,14,17)(H,18,19)(H2,15,16,20). The molecular formula is C12H14BrN3O4. The van der Waals surface area contributed by atoms with Crippen LogP contribution in [0, 0.1) is 0 Å². The topological polar surface area (TPSA) is 122 Å². The lowest BCUT2D eigenvalue weighted by Gasteiger charge is -2.14. The molecule has 0 aliphatic carbocycles. The molecule has 1 rings (SSSR count). The van der Waals surface area contributed by atoms with Gasteiger partial charge in [-0.2, -0.15) is 0 Å². The van der Waals surface area contributed by atoms with Gasteiger partial charge in [0, 0.05) is 16.6 Å². The number of benzene rings is 1. The Morgan fingerprint density at radius 2 is 2.05 bits per heavy atom. The van der Waals surface area contributed by atoms with Crippen LogP contribution in [-0.2, 0) is 9.59 Å². The smallest absolute Gasteiger partial charge is 0.326 e. The maximum atomic E-state index is 11.7. The highest BCUT2D eigenvalue weighted by Crippen LogP contribution is 2.15. The van der Waals surface area contributed by atoms with Crippen molar-refractivity contribution in [3.63, 3.8) is 0 Å². The minimum absolute atomic E-state index is 0.0590. The molecule has 0 spiro atoms. The SMILES string of the molecule is NC(=O)CCC(NC(=O)Nc1cccc(Br)c1)C(=O)O. The van der Waals surface area contributed by atoms with E-state index in [2.05, 4.69) is 26.6 Å². The second kappa shape index (κ2) is 7.49. The van der Waals surface area contributed by atoms with Gasteiger partial charge >= 0.3 is 12.0 Å². The maximum absolute atomic E-state index is 11.7. The summed E-state index contributed by atoms with van der Waals surface area (Å²) in [5.74, 6) is -1.85. The molecule has 0 radical (unpaired) electrons. The van der Waals surface area contributed by atoms with E-state index in [1.807, 2.05) is 0 Å². The molecule has 1 aromatic carbocycles. The number of carboxylic acid groups (broad SMARTS) is 1. The number of carbonyl (C=O) groups is 3. The molecule has 1 unspecified atom stereocenters. The molecule has 0 aliphatic heterocycles. The van der Waals surface area contributed by atoms with Gasteiger partial charge in [-0.25, -0.2) is 9.59 Å². The van der Waals surface area contributed by atoms with Crippen LogP contribution in [0.2, 0.25) is 0 Å². The van der Waals surface area contributed by atoms with Crippen LogP contribution in [-0.4, -0.2) is 29.1 Å². The number of amides is 3. The van der Waals surface area contributed by atoms with Crippen molar-refractivity contribution >= 4 is 39.5 Å². The second-order valence-corrected chi connectivity index (χ2v) is 4.92. The lowest BCUT2D eigenvalue weighted by Crippen LogP contribution is -2.43. The fourth-order valence-corrected chi connectivity index (χ4v) is 1.83. The Kier molecular flexibility index (Phi) is 5.98. The third kappa shape index (κ3) is 5.70. The molecule has 1 aromatic rings. The van der Waals surface area contributed by atoms with Crippen molar-refractivity contribution in [2.75, 3.05) is 5.32 Å². The Labute approximate surface area is 123 Å². The highest BCUT2D eigenvalue weighted by Gasteiger charge is 2.20. The van der Waals surface area contributed by atoms with E-state index >= 15 is 0 Å². The number of primary amides is 1. The van der Waals surface area contributed by atoms with Gasteiger partial charge in [-0.15, -0.1) is 0 Å². The molecule has 0 saturated carbocycles. The molecule has 7 nitrogen and oxygen atoms in total.